The van der Waals surface area contributed by atoms with E-state index >= 15 is 0 Å². The normalized spacial score (nSPS) is 14.2. The van der Waals surface area contributed by atoms with Gasteiger partial charge in [-0.3, -0.25) is 9.89 Å². The van der Waals surface area contributed by atoms with Crippen LogP contribution >= 0.6 is 0 Å². The molecule has 0 atom stereocenters. The van der Waals surface area contributed by atoms with Gasteiger partial charge < -0.3 is 9.64 Å². The number of allylic oxidation sites excluding steroid dienone is 2. The SMILES string of the molecule is CC/C(=C(/c1ccc(OCCCC/C=C/C(=O)N2CCCC2)nc1)c1ccc2n[nH]c(F)c2c1)c1ccccc1. The maximum absolute atomic E-state index is 14.4. The van der Waals surface area contributed by atoms with Crippen molar-refractivity contribution in [3.63, 3.8) is 0 Å². The minimum absolute atomic E-state index is 0.125. The molecule has 1 fully saturated rings. The third-order valence-electron chi connectivity index (χ3n) is 7.29. The van der Waals surface area contributed by atoms with Gasteiger partial charge in [-0.15, -0.1) is 0 Å². The standard InChI is InChI=1S/C33H35FN4O2/c1-2-27(24-12-6-5-7-13-24)32(25-15-17-29-28(22-25)33(34)37-36-29)26-16-18-30(35-23-26)40-21-11-4-3-8-14-31(39)38-19-9-10-20-38/h5-8,12-18,22-23H,2-4,9-11,19-21H2,1H3,(H,36,37)/b14-8+,32-27-. The van der Waals surface area contributed by atoms with E-state index in [1.165, 1.54) is 0 Å². The molecule has 0 unspecified atom stereocenters. The quantitative estimate of drug-likeness (QED) is 0.125. The molecule has 0 bridgehead atoms. The molecule has 2 aromatic carbocycles. The summed E-state index contributed by atoms with van der Waals surface area (Å²) in [5.74, 6) is 0.251. The molecular weight excluding hydrogens is 503 g/mol. The van der Waals surface area contributed by atoms with Crippen LogP contribution in [0.15, 0.2) is 79.0 Å². The van der Waals surface area contributed by atoms with Gasteiger partial charge >= 0.3 is 0 Å². The monoisotopic (exact) mass is 538 g/mol. The number of benzene rings is 2. The summed E-state index contributed by atoms with van der Waals surface area (Å²) >= 11 is 0. The molecule has 5 rings (SSSR count). The van der Waals surface area contributed by atoms with E-state index in [0.29, 0.717) is 23.4 Å². The Bertz CT molecular complexity index is 1490. The van der Waals surface area contributed by atoms with Crippen LogP contribution in [0.3, 0.4) is 0 Å². The van der Waals surface area contributed by atoms with E-state index in [9.17, 15) is 9.18 Å². The summed E-state index contributed by atoms with van der Waals surface area (Å²) in [6.45, 7) is 4.44. The molecular formula is C33H35FN4O2. The van der Waals surface area contributed by atoms with Crippen LogP contribution in [0, 0.1) is 5.95 Å². The first kappa shape index (κ1) is 27.3. The number of hydrogen-bond acceptors (Lipinski definition) is 4. The summed E-state index contributed by atoms with van der Waals surface area (Å²) in [5, 5.41) is 6.93. The van der Waals surface area contributed by atoms with Gasteiger partial charge in [-0.2, -0.15) is 9.49 Å². The number of H-pyrrole nitrogens is 1. The molecule has 4 aromatic rings. The average molecular weight is 539 g/mol. The van der Waals surface area contributed by atoms with Gasteiger partial charge in [0.2, 0.25) is 17.7 Å². The van der Waals surface area contributed by atoms with Gasteiger partial charge in [0.25, 0.3) is 0 Å². The molecule has 6 nitrogen and oxygen atoms in total. The second kappa shape index (κ2) is 13.2. The smallest absolute Gasteiger partial charge is 0.246 e. The fourth-order valence-electron chi connectivity index (χ4n) is 5.20. The number of aromatic amines is 1. The summed E-state index contributed by atoms with van der Waals surface area (Å²) in [5.41, 5.74) is 5.70. The van der Waals surface area contributed by atoms with Crippen LogP contribution in [0.4, 0.5) is 4.39 Å². The zero-order valence-corrected chi connectivity index (χ0v) is 22.9. The van der Waals surface area contributed by atoms with Crippen LogP contribution in [-0.2, 0) is 4.79 Å². The molecule has 40 heavy (non-hydrogen) atoms. The van der Waals surface area contributed by atoms with Crippen molar-refractivity contribution in [2.75, 3.05) is 19.7 Å². The lowest BCUT2D eigenvalue weighted by atomic mass is 9.88. The number of nitrogens with zero attached hydrogens (tertiary/aromatic N) is 3. The van der Waals surface area contributed by atoms with Crippen molar-refractivity contribution in [2.24, 2.45) is 0 Å². The molecule has 1 aliphatic heterocycles. The highest BCUT2D eigenvalue weighted by molar-refractivity contribution is 6.00. The number of likely N-dealkylation sites (tertiary alicyclic amines) is 1. The summed E-state index contributed by atoms with van der Waals surface area (Å²) in [7, 11) is 0. The highest BCUT2D eigenvalue weighted by Crippen LogP contribution is 2.35. The number of carbonyl (C=O) groups excluding carboxylic acids is 1. The molecule has 1 amide bonds. The number of halogens is 1. The van der Waals surface area contributed by atoms with Gasteiger partial charge in [0, 0.05) is 30.9 Å². The van der Waals surface area contributed by atoms with Crippen LogP contribution < -0.4 is 4.74 Å². The summed E-state index contributed by atoms with van der Waals surface area (Å²) in [6, 6.07) is 19.8. The van der Waals surface area contributed by atoms with Gasteiger partial charge in [0.15, 0.2) is 0 Å². The lowest BCUT2D eigenvalue weighted by Crippen LogP contribution is -2.25. The van der Waals surface area contributed by atoms with E-state index in [4.69, 9.17) is 4.74 Å². The number of carbonyl (C=O) groups is 1. The van der Waals surface area contributed by atoms with Crippen LogP contribution in [0.25, 0.3) is 22.0 Å². The Morgan fingerprint density at radius 2 is 1.82 bits per heavy atom. The highest BCUT2D eigenvalue weighted by atomic mass is 19.1. The van der Waals surface area contributed by atoms with Crippen LogP contribution in [0.2, 0.25) is 0 Å². The van der Waals surface area contributed by atoms with Crippen molar-refractivity contribution in [3.8, 4) is 5.88 Å². The summed E-state index contributed by atoms with van der Waals surface area (Å²) in [4.78, 5) is 18.6. The molecule has 2 aromatic heterocycles. The van der Waals surface area contributed by atoms with Crippen LogP contribution in [-0.4, -0.2) is 45.7 Å². The number of ether oxygens (including phenoxy) is 1. The largest absolute Gasteiger partial charge is 0.478 e. The van der Waals surface area contributed by atoms with E-state index in [-0.39, 0.29) is 5.91 Å². The third-order valence-corrected chi connectivity index (χ3v) is 7.29. The number of unbranched alkanes of at least 4 members (excludes halogenated alkanes) is 2. The van der Waals surface area contributed by atoms with Crippen molar-refractivity contribution in [3.05, 3.63) is 102 Å². The first-order valence-corrected chi connectivity index (χ1v) is 14.1. The maximum atomic E-state index is 14.4. The minimum atomic E-state index is -0.440. The van der Waals surface area contributed by atoms with Crippen LogP contribution in [0.1, 0.15) is 62.1 Å². The topological polar surface area (TPSA) is 71.1 Å². The first-order valence-electron chi connectivity index (χ1n) is 14.1. The van der Waals surface area contributed by atoms with Crippen molar-refractivity contribution in [1.29, 1.82) is 0 Å². The Morgan fingerprint density at radius 1 is 1.02 bits per heavy atom. The predicted octanol–water partition coefficient (Wildman–Crippen LogP) is 7.19. The third kappa shape index (κ3) is 6.47. The number of rotatable bonds is 11. The van der Waals surface area contributed by atoms with Gasteiger partial charge in [0.1, 0.15) is 0 Å². The number of nitrogens with one attached hydrogen (secondary N) is 1. The van der Waals surface area contributed by atoms with Crippen molar-refractivity contribution in [2.45, 2.75) is 45.4 Å². The zero-order chi connectivity index (χ0) is 27.7. The number of fused-ring (bicyclic) bond motifs is 1. The maximum Gasteiger partial charge on any atom is 0.246 e. The second-order valence-corrected chi connectivity index (χ2v) is 10.0. The van der Waals surface area contributed by atoms with E-state index < -0.39 is 5.95 Å². The lowest BCUT2D eigenvalue weighted by molar-refractivity contribution is -0.125. The molecule has 3 heterocycles. The molecule has 0 radical (unpaired) electrons. The number of aromatic nitrogens is 3. The fraction of sp³-hybridized carbons (Fsp3) is 0.303. The average Bonchev–Trinajstić information content (AvgIpc) is 3.67. The summed E-state index contributed by atoms with van der Waals surface area (Å²) in [6.07, 6.45) is 11.2. The van der Waals surface area contributed by atoms with E-state index in [1.54, 1.807) is 6.08 Å². The zero-order valence-electron chi connectivity index (χ0n) is 22.9. The van der Waals surface area contributed by atoms with Crippen LogP contribution in [0.5, 0.6) is 5.88 Å². The Hall–Kier alpha value is -4.26. The van der Waals surface area contributed by atoms with Crippen molar-refractivity contribution >= 4 is 28.0 Å². The minimum Gasteiger partial charge on any atom is -0.478 e. The Labute approximate surface area is 234 Å². The fourth-order valence-corrected chi connectivity index (χ4v) is 5.20. The van der Waals surface area contributed by atoms with Crippen molar-refractivity contribution in [1.82, 2.24) is 20.1 Å². The molecule has 1 N–H and O–H groups in total. The van der Waals surface area contributed by atoms with Gasteiger partial charge in [-0.25, -0.2) is 4.98 Å². The molecule has 1 saturated heterocycles. The highest BCUT2D eigenvalue weighted by Gasteiger charge is 2.16. The predicted molar refractivity (Wildman–Crippen MR) is 157 cm³/mol. The van der Waals surface area contributed by atoms with Gasteiger partial charge in [-0.05, 0) is 85.1 Å². The Kier molecular flexibility index (Phi) is 9.01. The van der Waals surface area contributed by atoms with Gasteiger partial charge in [0.05, 0.1) is 17.5 Å². The molecule has 7 heteroatoms. The molecule has 1 aliphatic rings. The molecule has 0 spiro atoms. The number of amides is 1. The Morgan fingerprint density at radius 3 is 2.58 bits per heavy atom. The number of pyridine rings is 1. The molecule has 0 saturated carbocycles. The Balaban J connectivity index is 1.27. The molecule has 0 aliphatic carbocycles. The van der Waals surface area contributed by atoms with Gasteiger partial charge in [-0.1, -0.05) is 49.4 Å². The van der Waals surface area contributed by atoms with E-state index in [1.807, 2.05) is 65.7 Å². The summed E-state index contributed by atoms with van der Waals surface area (Å²) < 4.78 is 20.3. The number of hydrogen-bond donors (Lipinski definition) is 1. The van der Waals surface area contributed by atoms with E-state index in [0.717, 1.165) is 79.5 Å². The van der Waals surface area contributed by atoms with E-state index in [2.05, 4.69) is 34.2 Å². The second-order valence-electron chi connectivity index (χ2n) is 10.0. The lowest BCUT2D eigenvalue weighted by Gasteiger charge is -2.16. The molecule has 206 valence electrons. The van der Waals surface area contributed by atoms with Crippen molar-refractivity contribution < 1.29 is 13.9 Å². The first-order chi connectivity index (χ1) is 19.6.